The highest BCUT2D eigenvalue weighted by atomic mass is 79.9. The van der Waals surface area contributed by atoms with E-state index in [-0.39, 0.29) is 0 Å². The van der Waals surface area contributed by atoms with Crippen LogP contribution in [0.1, 0.15) is 11.7 Å². The molecule has 6 heteroatoms. The highest BCUT2D eigenvalue weighted by molar-refractivity contribution is 9.11. The molecule has 1 rings (SSSR count). The lowest BCUT2D eigenvalue weighted by Gasteiger charge is -1.99. The number of aliphatic carboxylic acids is 1. The first-order chi connectivity index (χ1) is 5.11. The fraction of sp³-hybridized carbons (Fsp3) is 0.200. The summed E-state index contributed by atoms with van der Waals surface area (Å²) in [6.45, 7) is 0. The maximum absolute atomic E-state index is 10.3. The van der Waals surface area contributed by atoms with E-state index in [1.54, 1.807) is 5.38 Å². The summed E-state index contributed by atoms with van der Waals surface area (Å²) in [5.41, 5.74) is 5.66. The van der Waals surface area contributed by atoms with Crippen molar-refractivity contribution >= 4 is 33.2 Å². The van der Waals surface area contributed by atoms with E-state index in [0.29, 0.717) is 9.61 Å². The Morgan fingerprint density at radius 2 is 2.55 bits per heavy atom. The van der Waals surface area contributed by atoms with Crippen LogP contribution < -0.4 is 5.73 Å². The molecule has 0 aromatic carbocycles. The van der Waals surface area contributed by atoms with Crippen LogP contribution in [0.3, 0.4) is 0 Å². The average molecular weight is 237 g/mol. The Morgan fingerprint density at radius 1 is 1.91 bits per heavy atom. The lowest BCUT2D eigenvalue weighted by Crippen LogP contribution is -2.20. The van der Waals surface area contributed by atoms with E-state index in [0.717, 1.165) is 0 Å². The van der Waals surface area contributed by atoms with E-state index in [1.165, 1.54) is 11.3 Å². The lowest BCUT2D eigenvalue weighted by atomic mass is 10.2. The van der Waals surface area contributed by atoms with Crippen molar-refractivity contribution in [1.29, 1.82) is 0 Å². The van der Waals surface area contributed by atoms with E-state index in [1.807, 2.05) is 0 Å². The van der Waals surface area contributed by atoms with Crippen molar-refractivity contribution in [3.63, 3.8) is 0 Å². The van der Waals surface area contributed by atoms with Gasteiger partial charge in [0.05, 0.1) is 5.69 Å². The Hall–Kier alpha value is -0.460. The second-order valence-corrected chi connectivity index (χ2v) is 3.98. The Labute approximate surface area is 75.2 Å². The van der Waals surface area contributed by atoms with Gasteiger partial charge in [0, 0.05) is 5.38 Å². The molecule has 3 N–H and O–H groups in total. The maximum Gasteiger partial charge on any atom is 0.326 e. The molecule has 0 aliphatic heterocycles. The summed E-state index contributed by atoms with van der Waals surface area (Å²) in [7, 11) is 0. The van der Waals surface area contributed by atoms with Gasteiger partial charge in [-0.25, -0.2) is 4.98 Å². The number of aromatic nitrogens is 1. The summed E-state index contributed by atoms with van der Waals surface area (Å²) in [4.78, 5) is 14.2. The van der Waals surface area contributed by atoms with E-state index in [9.17, 15) is 4.79 Å². The molecule has 11 heavy (non-hydrogen) atoms. The van der Waals surface area contributed by atoms with Crippen LogP contribution in [0.15, 0.2) is 9.30 Å². The standard InChI is InChI=1S/C5H5BrN2O2S/c6-5-8-2(1-11-5)3(7)4(9)10/h1,3H,7H2,(H,9,10). The van der Waals surface area contributed by atoms with E-state index < -0.39 is 12.0 Å². The molecule has 0 bridgehead atoms. The van der Waals surface area contributed by atoms with Crippen LogP contribution in [0.4, 0.5) is 0 Å². The molecule has 0 amide bonds. The summed E-state index contributed by atoms with van der Waals surface area (Å²) in [5.74, 6) is -1.07. The normalized spacial score (nSPS) is 12.9. The predicted molar refractivity (Wildman–Crippen MR) is 44.4 cm³/mol. The zero-order chi connectivity index (χ0) is 8.43. The number of rotatable bonds is 2. The molecule has 1 aromatic rings. The molecule has 0 spiro atoms. The fourth-order valence-corrected chi connectivity index (χ4v) is 1.59. The van der Waals surface area contributed by atoms with Crippen molar-refractivity contribution < 1.29 is 9.90 Å². The topological polar surface area (TPSA) is 76.2 Å². The van der Waals surface area contributed by atoms with Crippen LogP contribution in [0.5, 0.6) is 0 Å². The minimum Gasteiger partial charge on any atom is -0.480 e. The molecule has 0 aliphatic carbocycles. The van der Waals surface area contributed by atoms with Crippen LogP contribution in [-0.4, -0.2) is 16.1 Å². The van der Waals surface area contributed by atoms with Crippen LogP contribution >= 0.6 is 27.3 Å². The molecule has 0 radical (unpaired) electrons. The third-order valence-electron chi connectivity index (χ3n) is 1.08. The summed E-state index contributed by atoms with van der Waals surface area (Å²) < 4.78 is 0.643. The highest BCUT2D eigenvalue weighted by Crippen LogP contribution is 2.19. The van der Waals surface area contributed by atoms with Crippen molar-refractivity contribution in [1.82, 2.24) is 4.98 Å². The molecule has 60 valence electrons. The molecule has 0 saturated heterocycles. The highest BCUT2D eigenvalue weighted by Gasteiger charge is 2.16. The van der Waals surface area contributed by atoms with Crippen LogP contribution in [-0.2, 0) is 4.79 Å². The third-order valence-corrected chi connectivity index (χ3v) is 2.46. The fourth-order valence-electron chi connectivity index (χ4n) is 0.533. The number of carboxylic acids is 1. The molecule has 1 atom stereocenters. The van der Waals surface area contributed by atoms with Gasteiger partial charge in [0.1, 0.15) is 6.04 Å². The van der Waals surface area contributed by atoms with Gasteiger partial charge in [0.25, 0.3) is 0 Å². The number of hydrogen-bond donors (Lipinski definition) is 2. The Balaban J connectivity index is 2.84. The molecule has 1 heterocycles. The predicted octanol–water partition coefficient (Wildman–Crippen LogP) is 0.990. The van der Waals surface area contributed by atoms with E-state index >= 15 is 0 Å². The number of carbonyl (C=O) groups is 1. The van der Waals surface area contributed by atoms with E-state index in [4.69, 9.17) is 10.8 Å². The second kappa shape index (κ2) is 3.29. The van der Waals surface area contributed by atoms with Crippen LogP contribution in [0, 0.1) is 0 Å². The summed E-state index contributed by atoms with van der Waals surface area (Å²) in [5, 5.41) is 10.1. The number of thiazole rings is 1. The molecule has 1 aromatic heterocycles. The maximum atomic E-state index is 10.3. The number of halogens is 1. The molecule has 1 unspecified atom stereocenters. The average Bonchev–Trinajstić information content (AvgIpc) is 2.34. The molecule has 0 fully saturated rings. The molecule has 0 saturated carbocycles. The summed E-state index contributed by atoms with van der Waals surface area (Å²) in [6.07, 6.45) is 0. The second-order valence-electron chi connectivity index (χ2n) is 1.84. The SMILES string of the molecule is NC(C(=O)O)c1csc(Br)n1. The zero-order valence-corrected chi connectivity index (χ0v) is 7.72. The van der Waals surface area contributed by atoms with Crippen molar-refractivity contribution in [2.75, 3.05) is 0 Å². The number of hydrogen-bond acceptors (Lipinski definition) is 4. The Morgan fingerprint density at radius 3 is 2.91 bits per heavy atom. The number of nitrogens with zero attached hydrogens (tertiary/aromatic N) is 1. The summed E-state index contributed by atoms with van der Waals surface area (Å²) >= 11 is 4.42. The van der Waals surface area contributed by atoms with Gasteiger partial charge in [-0.1, -0.05) is 0 Å². The number of carboxylic acid groups (broad SMARTS) is 1. The van der Waals surface area contributed by atoms with Gasteiger partial charge in [-0.2, -0.15) is 0 Å². The zero-order valence-electron chi connectivity index (χ0n) is 5.32. The summed E-state index contributed by atoms with van der Waals surface area (Å²) in [6, 6.07) is -1.02. The monoisotopic (exact) mass is 236 g/mol. The smallest absolute Gasteiger partial charge is 0.326 e. The third kappa shape index (κ3) is 1.98. The van der Waals surface area contributed by atoms with Crippen LogP contribution in [0.2, 0.25) is 0 Å². The minimum atomic E-state index is -1.07. The van der Waals surface area contributed by atoms with Gasteiger partial charge in [0.15, 0.2) is 3.92 Å². The molecule has 4 nitrogen and oxygen atoms in total. The minimum absolute atomic E-state index is 0.384. The van der Waals surface area contributed by atoms with E-state index in [2.05, 4.69) is 20.9 Å². The van der Waals surface area contributed by atoms with Gasteiger partial charge in [0.2, 0.25) is 0 Å². The molecular formula is C5H5BrN2O2S. The first-order valence-corrected chi connectivity index (χ1v) is 4.38. The van der Waals surface area contributed by atoms with Crippen molar-refractivity contribution in [3.8, 4) is 0 Å². The van der Waals surface area contributed by atoms with Gasteiger partial charge < -0.3 is 10.8 Å². The van der Waals surface area contributed by atoms with Gasteiger partial charge in [-0.3, -0.25) is 4.79 Å². The van der Waals surface area contributed by atoms with Crippen molar-refractivity contribution in [3.05, 3.63) is 15.0 Å². The number of nitrogens with two attached hydrogens (primary N) is 1. The van der Waals surface area contributed by atoms with Gasteiger partial charge in [-0.15, -0.1) is 11.3 Å². The molecular weight excluding hydrogens is 232 g/mol. The van der Waals surface area contributed by atoms with Gasteiger partial charge >= 0.3 is 5.97 Å². The van der Waals surface area contributed by atoms with Crippen molar-refractivity contribution in [2.24, 2.45) is 5.73 Å². The first kappa shape index (κ1) is 8.63. The lowest BCUT2D eigenvalue weighted by molar-refractivity contribution is -0.138. The molecule has 0 aliphatic rings. The Bertz CT molecular complexity index is 275. The first-order valence-electron chi connectivity index (χ1n) is 2.70. The van der Waals surface area contributed by atoms with Crippen molar-refractivity contribution in [2.45, 2.75) is 6.04 Å². The largest absolute Gasteiger partial charge is 0.480 e. The quantitative estimate of drug-likeness (QED) is 0.804. The Kier molecular flexibility index (Phi) is 2.58. The van der Waals surface area contributed by atoms with Gasteiger partial charge in [-0.05, 0) is 15.9 Å². The van der Waals surface area contributed by atoms with Crippen LogP contribution in [0.25, 0.3) is 0 Å².